The van der Waals surface area contributed by atoms with Crippen LogP contribution in [0.25, 0.3) is 0 Å². The molecule has 2 aliphatic rings. The highest BCUT2D eigenvalue weighted by Gasteiger charge is 2.47. The summed E-state index contributed by atoms with van der Waals surface area (Å²) in [5, 5.41) is 9.64. The number of carbonyl (C=O) groups is 1. The van der Waals surface area contributed by atoms with Crippen molar-refractivity contribution in [3.05, 3.63) is 59.8 Å². The van der Waals surface area contributed by atoms with Crippen LogP contribution in [-0.2, 0) is 0 Å². The zero-order valence-electron chi connectivity index (χ0n) is 17.3. The average Bonchev–Trinajstić information content (AvgIpc) is 3.44. The maximum atomic E-state index is 13.9. The Morgan fingerprint density at radius 3 is 2.79 bits per heavy atom. The first-order valence-corrected chi connectivity index (χ1v) is 10.1. The molecule has 2 N–H and O–H groups in total. The van der Waals surface area contributed by atoms with E-state index in [0.717, 1.165) is 10.9 Å². The summed E-state index contributed by atoms with van der Waals surface area (Å²) in [7, 11) is 1.46. The molecule has 0 bridgehead atoms. The minimum atomic E-state index is -4.56. The van der Waals surface area contributed by atoms with Crippen LogP contribution in [0.1, 0.15) is 34.4 Å². The van der Waals surface area contributed by atoms with Gasteiger partial charge in [-0.3, -0.25) is 4.79 Å². The van der Waals surface area contributed by atoms with Gasteiger partial charge in [0.1, 0.15) is 17.1 Å². The van der Waals surface area contributed by atoms with E-state index >= 15 is 0 Å². The number of alkyl halides is 3. The Kier molecular flexibility index (Phi) is 5.03. The first-order valence-electron chi connectivity index (χ1n) is 10.1. The lowest BCUT2D eigenvalue weighted by Crippen LogP contribution is -2.36. The highest BCUT2D eigenvalue weighted by Crippen LogP contribution is 2.46. The van der Waals surface area contributed by atoms with Gasteiger partial charge in [-0.1, -0.05) is 18.2 Å². The topological polar surface area (TPSA) is 86.6 Å². The molecule has 2 aliphatic heterocycles. The molecule has 8 nitrogen and oxygen atoms in total. The molecule has 0 saturated heterocycles. The molecule has 0 radical (unpaired) electrons. The molecule has 33 heavy (non-hydrogen) atoms. The maximum Gasteiger partial charge on any atom is 0.410 e. The first kappa shape index (κ1) is 21.0. The Labute approximate surface area is 186 Å². The number of hydrogen-bond acceptors (Lipinski definition) is 6. The number of fused-ring (bicyclic) bond motifs is 2. The Morgan fingerprint density at radius 2 is 2.00 bits per heavy atom. The Bertz CT molecular complexity index is 1210. The van der Waals surface area contributed by atoms with Gasteiger partial charge in [0, 0.05) is 23.7 Å². The van der Waals surface area contributed by atoms with Gasteiger partial charge in [-0.2, -0.15) is 18.3 Å². The predicted octanol–water partition coefficient (Wildman–Crippen LogP) is 4.53. The van der Waals surface area contributed by atoms with E-state index < -0.39 is 24.2 Å². The van der Waals surface area contributed by atoms with Crippen molar-refractivity contribution in [3.63, 3.8) is 0 Å². The van der Waals surface area contributed by atoms with E-state index in [9.17, 15) is 18.0 Å². The van der Waals surface area contributed by atoms with Crippen LogP contribution in [0.4, 0.5) is 24.7 Å². The van der Waals surface area contributed by atoms with Gasteiger partial charge in [0.25, 0.3) is 5.91 Å². The number of carbonyl (C=O) groups excluding carboxylic acids is 1. The highest BCUT2D eigenvalue weighted by molar-refractivity contribution is 6.07. The van der Waals surface area contributed by atoms with Gasteiger partial charge in [0.2, 0.25) is 6.79 Å². The summed E-state index contributed by atoms with van der Waals surface area (Å²) in [6.45, 7) is 0.0801. The zero-order chi connectivity index (χ0) is 23.2. The number of amides is 1. The van der Waals surface area contributed by atoms with Crippen molar-refractivity contribution < 1.29 is 32.2 Å². The van der Waals surface area contributed by atoms with Gasteiger partial charge in [0.05, 0.1) is 19.3 Å². The third kappa shape index (κ3) is 3.79. The van der Waals surface area contributed by atoms with Crippen LogP contribution in [0.15, 0.2) is 48.7 Å². The summed E-state index contributed by atoms with van der Waals surface area (Å²) in [4.78, 5) is 13.0. The minimum absolute atomic E-state index is 0.0125. The van der Waals surface area contributed by atoms with Crippen molar-refractivity contribution in [2.75, 3.05) is 24.5 Å². The number of para-hydroxylation sites is 1. The van der Waals surface area contributed by atoms with Gasteiger partial charge in [0.15, 0.2) is 17.5 Å². The van der Waals surface area contributed by atoms with Crippen LogP contribution in [-0.4, -0.2) is 35.8 Å². The molecule has 3 aromatic rings. The van der Waals surface area contributed by atoms with Crippen molar-refractivity contribution in [2.45, 2.75) is 24.7 Å². The van der Waals surface area contributed by atoms with E-state index in [2.05, 4.69) is 15.7 Å². The maximum absolute atomic E-state index is 13.9. The Balaban J connectivity index is 1.48. The number of aromatic nitrogens is 2. The molecule has 2 atom stereocenters. The fourth-order valence-electron chi connectivity index (χ4n) is 4.06. The zero-order valence-corrected chi connectivity index (χ0v) is 17.3. The Hall–Kier alpha value is -3.89. The number of hydrogen-bond donors (Lipinski definition) is 2. The number of ether oxygens (including phenoxy) is 3. The van der Waals surface area contributed by atoms with Crippen molar-refractivity contribution >= 4 is 17.4 Å². The number of nitrogens with one attached hydrogen (secondary N) is 2. The molecule has 0 unspecified atom stereocenters. The largest absolute Gasteiger partial charge is 0.496 e. The molecule has 172 valence electrons. The fourth-order valence-corrected chi connectivity index (χ4v) is 4.06. The third-order valence-electron chi connectivity index (χ3n) is 5.63. The fraction of sp³-hybridized carbons (Fsp3) is 0.273. The second-order valence-electron chi connectivity index (χ2n) is 7.61. The van der Waals surface area contributed by atoms with Crippen LogP contribution in [0.3, 0.4) is 0 Å². The monoisotopic (exact) mass is 460 g/mol. The molecule has 2 aromatic carbocycles. The predicted molar refractivity (Wildman–Crippen MR) is 112 cm³/mol. The number of benzene rings is 2. The van der Waals surface area contributed by atoms with Gasteiger partial charge in [-0.25, -0.2) is 4.68 Å². The lowest BCUT2D eigenvalue weighted by atomic mass is 9.95. The van der Waals surface area contributed by atoms with E-state index in [-0.39, 0.29) is 24.6 Å². The van der Waals surface area contributed by atoms with Crippen LogP contribution in [0.2, 0.25) is 0 Å². The van der Waals surface area contributed by atoms with Gasteiger partial charge >= 0.3 is 6.18 Å². The first-order chi connectivity index (χ1) is 15.8. The standard InChI is InChI=1S/C22H19F3N4O4/c1-31-16-5-3-2-4-13(16)15-9-19(22(23,24)25)29-20(28-15)14(10-26-29)21(30)27-12-6-7-17-18(8-12)33-11-32-17/h2-8,10,15,19,28H,9,11H2,1H3,(H,27,30)/t15-,19-/m0/s1. The number of halogens is 3. The van der Waals surface area contributed by atoms with Gasteiger partial charge in [-0.05, 0) is 18.2 Å². The number of rotatable bonds is 4. The van der Waals surface area contributed by atoms with Crippen molar-refractivity contribution in [2.24, 2.45) is 0 Å². The van der Waals surface area contributed by atoms with Crippen molar-refractivity contribution in [1.82, 2.24) is 9.78 Å². The van der Waals surface area contributed by atoms with Crippen LogP contribution in [0, 0.1) is 0 Å². The van der Waals surface area contributed by atoms with Gasteiger partial charge < -0.3 is 24.8 Å². The highest BCUT2D eigenvalue weighted by atomic mass is 19.4. The second-order valence-corrected chi connectivity index (χ2v) is 7.61. The minimum Gasteiger partial charge on any atom is -0.496 e. The summed E-state index contributed by atoms with van der Waals surface area (Å²) < 4.78 is 58.5. The lowest BCUT2D eigenvalue weighted by Gasteiger charge is -2.34. The molecule has 0 spiro atoms. The normalized spacial score (nSPS) is 18.9. The van der Waals surface area contributed by atoms with Crippen molar-refractivity contribution in [3.8, 4) is 17.2 Å². The van der Waals surface area contributed by atoms with E-state index in [1.807, 2.05) is 0 Å². The summed E-state index contributed by atoms with van der Waals surface area (Å²) in [5.74, 6) is 0.846. The van der Waals surface area contributed by atoms with Crippen LogP contribution in [0.5, 0.6) is 17.2 Å². The van der Waals surface area contributed by atoms with E-state index in [1.54, 1.807) is 42.5 Å². The molecular weight excluding hydrogens is 441 g/mol. The molecule has 0 saturated carbocycles. The molecule has 11 heteroatoms. The number of anilines is 2. The number of nitrogens with zero attached hydrogens (tertiary/aromatic N) is 2. The van der Waals surface area contributed by atoms with Gasteiger partial charge in [-0.15, -0.1) is 0 Å². The van der Waals surface area contributed by atoms with Crippen molar-refractivity contribution in [1.29, 1.82) is 0 Å². The second kappa shape index (κ2) is 7.91. The van der Waals surface area contributed by atoms with E-state index in [4.69, 9.17) is 14.2 Å². The summed E-state index contributed by atoms with van der Waals surface area (Å²) >= 11 is 0. The third-order valence-corrected chi connectivity index (χ3v) is 5.63. The van der Waals surface area contributed by atoms with Crippen LogP contribution < -0.4 is 24.8 Å². The summed E-state index contributed by atoms with van der Waals surface area (Å²) in [5.41, 5.74) is 0.957. The lowest BCUT2D eigenvalue weighted by molar-refractivity contribution is -0.173. The Morgan fingerprint density at radius 1 is 1.21 bits per heavy atom. The summed E-state index contributed by atoms with van der Waals surface area (Å²) in [6, 6.07) is 9.03. The molecule has 1 amide bonds. The van der Waals surface area contributed by atoms with E-state index in [1.165, 1.54) is 7.11 Å². The molecule has 5 rings (SSSR count). The average molecular weight is 460 g/mol. The molecule has 0 fully saturated rings. The molecule has 0 aliphatic carbocycles. The molecule has 3 heterocycles. The van der Waals surface area contributed by atoms with E-state index in [0.29, 0.717) is 28.5 Å². The number of methoxy groups -OCH3 is 1. The summed E-state index contributed by atoms with van der Waals surface area (Å²) in [6.07, 6.45) is -3.73. The molecule has 1 aromatic heterocycles. The molecular formula is C22H19F3N4O4. The van der Waals surface area contributed by atoms with Crippen LogP contribution >= 0.6 is 0 Å². The SMILES string of the molecule is COc1ccccc1[C@@H]1C[C@@H](C(F)(F)F)n2ncc(C(=O)Nc3ccc4c(c3)OCO4)c2N1. The smallest absolute Gasteiger partial charge is 0.410 e. The quantitative estimate of drug-likeness (QED) is 0.595.